The summed E-state index contributed by atoms with van der Waals surface area (Å²) in [6.07, 6.45) is 14.5. The van der Waals surface area contributed by atoms with Gasteiger partial charge in [-0.25, -0.2) is 0 Å². The van der Waals surface area contributed by atoms with Crippen LogP contribution in [-0.2, 0) is 0 Å². The third-order valence-corrected chi connectivity index (χ3v) is 6.71. The average molecular weight is 215 g/mol. The van der Waals surface area contributed by atoms with Crippen molar-refractivity contribution < 1.29 is 0 Å². The first-order valence-corrected chi connectivity index (χ1v) is 7.96. The molecular formula is C12H25NS. The highest BCUT2D eigenvalue weighted by Crippen LogP contribution is 2.43. The van der Waals surface area contributed by atoms with Crippen LogP contribution in [0.15, 0.2) is 0 Å². The minimum absolute atomic E-state index is 0.117. The van der Waals surface area contributed by atoms with Crippen LogP contribution in [0.25, 0.3) is 0 Å². The van der Waals surface area contributed by atoms with Crippen molar-refractivity contribution in [3.05, 3.63) is 0 Å². The second-order valence-corrected chi connectivity index (χ2v) is 7.39. The Morgan fingerprint density at radius 2 is 1.00 bits per heavy atom. The van der Waals surface area contributed by atoms with Gasteiger partial charge in [0, 0.05) is 0 Å². The van der Waals surface area contributed by atoms with Crippen LogP contribution in [0.1, 0.15) is 64.2 Å². The molecule has 2 heteroatoms. The van der Waals surface area contributed by atoms with Crippen LogP contribution in [0, 0.1) is 0 Å². The number of hydrogen-bond donors (Lipinski definition) is 2. The molecule has 0 heterocycles. The largest absolute Gasteiger partial charge is 0.296 e. The van der Waals surface area contributed by atoms with Gasteiger partial charge in [-0.2, -0.15) is 11.1 Å². The molecule has 0 aromatic rings. The lowest BCUT2D eigenvalue weighted by atomic mass is 10.00. The van der Waals surface area contributed by atoms with Crippen LogP contribution in [0.2, 0.25) is 0 Å². The molecule has 0 aliphatic heterocycles. The molecule has 0 spiro atoms. The van der Waals surface area contributed by atoms with Gasteiger partial charge in [-0.1, -0.05) is 38.5 Å². The summed E-state index contributed by atoms with van der Waals surface area (Å²) in [6, 6.07) is 0. The normalized spacial score (nSPS) is 27.6. The Labute approximate surface area is 91.3 Å². The SMILES string of the molecule is N[SH](C1CCCCC1)C1CCCCC1. The molecule has 2 fully saturated rings. The summed E-state index contributed by atoms with van der Waals surface area (Å²) < 4.78 is 0. The Hall–Kier alpha value is 0.310. The van der Waals surface area contributed by atoms with Gasteiger partial charge < -0.3 is 0 Å². The maximum atomic E-state index is 6.49. The van der Waals surface area contributed by atoms with E-state index in [9.17, 15) is 0 Å². The molecule has 1 nitrogen and oxygen atoms in total. The van der Waals surface area contributed by atoms with E-state index in [1.807, 2.05) is 0 Å². The van der Waals surface area contributed by atoms with Gasteiger partial charge in [-0.15, -0.1) is 0 Å². The predicted octanol–water partition coefficient (Wildman–Crippen LogP) is 3.53. The molecule has 0 atom stereocenters. The number of hydrogen-bond acceptors (Lipinski definition) is 1. The molecule has 0 bridgehead atoms. The first kappa shape index (κ1) is 10.8. The lowest BCUT2D eigenvalue weighted by molar-refractivity contribution is 0.491. The molecular weight excluding hydrogens is 190 g/mol. The third-order valence-electron chi connectivity index (χ3n) is 3.99. The lowest BCUT2D eigenvalue weighted by Gasteiger charge is -2.38. The van der Waals surface area contributed by atoms with Crippen LogP contribution in [0.3, 0.4) is 0 Å². The van der Waals surface area contributed by atoms with Gasteiger partial charge in [0.05, 0.1) is 0 Å². The molecule has 2 rings (SSSR count). The van der Waals surface area contributed by atoms with E-state index >= 15 is 0 Å². The molecule has 0 aromatic heterocycles. The maximum Gasteiger partial charge on any atom is -0.00208 e. The fourth-order valence-corrected chi connectivity index (χ4v) is 5.58. The molecule has 0 radical (unpaired) electrons. The van der Waals surface area contributed by atoms with E-state index in [1.54, 1.807) is 0 Å². The minimum Gasteiger partial charge on any atom is -0.296 e. The van der Waals surface area contributed by atoms with Gasteiger partial charge in [-0.05, 0) is 36.2 Å². The van der Waals surface area contributed by atoms with Crippen molar-refractivity contribution in [1.29, 1.82) is 0 Å². The number of rotatable bonds is 2. The molecule has 0 aromatic carbocycles. The van der Waals surface area contributed by atoms with E-state index in [1.165, 1.54) is 64.2 Å². The highest BCUT2D eigenvalue weighted by molar-refractivity contribution is 8.16. The zero-order valence-corrected chi connectivity index (χ0v) is 10.1. The summed E-state index contributed by atoms with van der Waals surface area (Å²) in [7, 11) is 0. The Balaban J connectivity index is 1.82. The van der Waals surface area contributed by atoms with E-state index < -0.39 is 0 Å². The van der Waals surface area contributed by atoms with E-state index in [2.05, 4.69) is 0 Å². The molecule has 2 N–H and O–H groups in total. The Morgan fingerprint density at radius 3 is 1.36 bits per heavy atom. The predicted molar refractivity (Wildman–Crippen MR) is 66.9 cm³/mol. The van der Waals surface area contributed by atoms with Gasteiger partial charge in [0.25, 0.3) is 0 Å². The molecule has 2 aliphatic rings. The van der Waals surface area contributed by atoms with Crippen molar-refractivity contribution in [1.82, 2.24) is 0 Å². The summed E-state index contributed by atoms with van der Waals surface area (Å²) in [4.78, 5) is 0. The first-order chi connectivity index (χ1) is 6.88. The summed E-state index contributed by atoms with van der Waals surface area (Å²) >= 11 is -0.117. The minimum atomic E-state index is -0.117. The van der Waals surface area contributed by atoms with Crippen LogP contribution in [0.4, 0.5) is 0 Å². The highest BCUT2D eigenvalue weighted by atomic mass is 32.2. The molecule has 2 saturated carbocycles. The van der Waals surface area contributed by atoms with E-state index in [0.29, 0.717) is 0 Å². The van der Waals surface area contributed by atoms with Crippen molar-refractivity contribution in [2.45, 2.75) is 74.7 Å². The molecule has 0 saturated heterocycles. The van der Waals surface area contributed by atoms with Crippen molar-refractivity contribution in [3.63, 3.8) is 0 Å². The zero-order chi connectivity index (χ0) is 9.80. The molecule has 0 amide bonds. The first-order valence-electron chi connectivity index (χ1n) is 6.41. The summed E-state index contributed by atoms with van der Waals surface area (Å²) in [5.74, 6) is 0. The van der Waals surface area contributed by atoms with Crippen molar-refractivity contribution in [2.24, 2.45) is 5.14 Å². The molecule has 84 valence electrons. The number of nitrogens with two attached hydrogens (primary N) is 1. The monoisotopic (exact) mass is 215 g/mol. The van der Waals surface area contributed by atoms with Crippen molar-refractivity contribution in [2.75, 3.05) is 0 Å². The quantitative estimate of drug-likeness (QED) is 0.677. The second kappa shape index (κ2) is 5.41. The van der Waals surface area contributed by atoms with Gasteiger partial charge in [0.15, 0.2) is 0 Å². The van der Waals surface area contributed by atoms with Crippen molar-refractivity contribution in [3.8, 4) is 0 Å². The van der Waals surface area contributed by atoms with Gasteiger partial charge in [-0.3, -0.25) is 5.14 Å². The van der Waals surface area contributed by atoms with Crippen LogP contribution >= 0.6 is 11.1 Å². The van der Waals surface area contributed by atoms with Gasteiger partial charge in [0.2, 0.25) is 0 Å². The molecule has 14 heavy (non-hydrogen) atoms. The standard InChI is InChI=1S/C12H25NS/c13-14(11-7-3-1-4-8-11)12-9-5-2-6-10-12/h11-12,14H,1-10,13H2. The molecule has 0 unspecified atom stereocenters. The zero-order valence-electron chi connectivity index (χ0n) is 9.25. The van der Waals surface area contributed by atoms with Crippen molar-refractivity contribution >= 4 is 11.1 Å². The number of thiol groups is 1. The Morgan fingerprint density at radius 1 is 0.643 bits per heavy atom. The Bertz CT molecular complexity index is 142. The third kappa shape index (κ3) is 2.66. The van der Waals surface area contributed by atoms with E-state index in [-0.39, 0.29) is 11.1 Å². The smallest absolute Gasteiger partial charge is 0.00208 e. The average Bonchev–Trinajstić information content (AvgIpc) is 2.30. The van der Waals surface area contributed by atoms with Crippen LogP contribution in [-0.4, -0.2) is 10.5 Å². The fourth-order valence-electron chi connectivity index (χ4n) is 3.06. The summed E-state index contributed by atoms with van der Waals surface area (Å²) in [6.45, 7) is 0. The van der Waals surface area contributed by atoms with Gasteiger partial charge >= 0.3 is 0 Å². The van der Waals surface area contributed by atoms with Crippen LogP contribution < -0.4 is 5.14 Å². The fraction of sp³-hybridized carbons (Fsp3) is 1.00. The second-order valence-electron chi connectivity index (χ2n) is 5.03. The summed E-state index contributed by atoms with van der Waals surface area (Å²) in [5, 5.41) is 8.35. The topological polar surface area (TPSA) is 26.0 Å². The van der Waals surface area contributed by atoms with Crippen LogP contribution in [0.5, 0.6) is 0 Å². The summed E-state index contributed by atoms with van der Waals surface area (Å²) in [5.41, 5.74) is 0. The van der Waals surface area contributed by atoms with E-state index in [4.69, 9.17) is 5.14 Å². The van der Waals surface area contributed by atoms with Gasteiger partial charge in [0.1, 0.15) is 0 Å². The highest BCUT2D eigenvalue weighted by Gasteiger charge is 2.25. The van der Waals surface area contributed by atoms with E-state index in [0.717, 1.165) is 10.5 Å². The Kier molecular flexibility index (Phi) is 4.18. The maximum absolute atomic E-state index is 6.49. The lowest BCUT2D eigenvalue weighted by Crippen LogP contribution is -2.27. The molecule has 2 aliphatic carbocycles.